The predicted octanol–water partition coefficient (Wildman–Crippen LogP) is 5.17. The molecule has 0 aliphatic heterocycles. The van der Waals surface area contributed by atoms with Crippen LogP contribution >= 0.6 is 0 Å². The van der Waals surface area contributed by atoms with E-state index < -0.39 is 5.97 Å². The lowest BCUT2D eigenvalue weighted by atomic mass is 9.81. The van der Waals surface area contributed by atoms with E-state index in [9.17, 15) is 9.90 Å². The van der Waals surface area contributed by atoms with Crippen molar-refractivity contribution in [1.82, 2.24) is 0 Å². The minimum atomic E-state index is -0.715. The number of carboxylic acids is 1. The van der Waals surface area contributed by atoms with Gasteiger partial charge in [-0.3, -0.25) is 4.79 Å². The highest BCUT2D eigenvalue weighted by Gasteiger charge is 2.26. The van der Waals surface area contributed by atoms with Crippen molar-refractivity contribution in [2.24, 2.45) is 5.92 Å². The number of hydrogen-bond donors (Lipinski definition) is 1. The van der Waals surface area contributed by atoms with Crippen LogP contribution in [0.5, 0.6) is 0 Å². The number of allylic oxidation sites excluding steroid dienone is 2. The van der Waals surface area contributed by atoms with Crippen LogP contribution in [0.3, 0.4) is 0 Å². The van der Waals surface area contributed by atoms with Crippen LogP contribution in [0.4, 0.5) is 11.4 Å². The molecule has 0 radical (unpaired) electrons. The summed E-state index contributed by atoms with van der Waals surface area (Å²) in [5.74, 6) is -1.07. The van der Waals surface area contributed by atoms with E-state index in [0.717, 1.165) is 28.9 Å². The first-order chi connectivity index (χ1) is 13.8. The van der Waals surface area contributed by atoms with E-state index in [1.54, 1.807) is 0 Å². The highest BCUT2D eigenvalue weighted by Crippen LogP contribution is 2.35. The molecule has 152 valence electrons. The minimum absolute atomic E-state index is 0.358. The molecule has 0 atom stereocenters. The van der Waals surface area contributed by atoms with Crippen molar-refractivity contribution in [2.75, 3.05) is 38.0 Å². The lowest BCUT2D eigenvalue weighted by Crippen LogP contribution is -2.19. The molecule has 0 unspecified atom stereocenters. The Morgan fingerprint density at radius 2 is 1.17 bits per heavy atom. The topological polar surface area (TPSA) is 43.8 Å². The third-order valence-electron chi connectivity index (χ3n) is 5.38. The van der Waals surface area contributed by atoms with Crippen LogP contribution in [0, 0.1) is 5.92 Å². The summed E-state index contributed by atoms with van der Waals surface area (Å²) in [4.78, 5) is 15.9. The fourth-order valence-corrected chi connectivity index (χ4v) is 3.74. The first kappa shape index (κ1) is 20.7. The van der Waals surface area contributed by atoms with Gasteiger partial charge in [-0.05, 0) is 54.7 Å². The monoisotopic (exact) mass is 390 g/mol. The SMILES string of the molecule is CN(C)c1ccc(C=C2CC(=Cc3ccc(N(C)C)cc3)CC(C(=O)O)C2)cc1. The maximum Gasteiger partial charge on any atom is 0.307 e. The van der Waals surface area contributed by atoms with E-state index in [-0.39, 0.29) is 5.92 Å². The van der Waals surface area contributed by atoms with Crippen molar-refractivity contribution in [3.05, 3.63) is 70.8 Å². The zero-order valence-corrected chi connectivity index (χ0v) is 17.7. The Morgan fingerprint density at radius 3 is 1.48 bits per heavy atom. The Balaban J connectivity index is 1.84. The molecule has 3 rings (SSSR count). The van der Waals surface area contributed by atoms with Crippen LogP contribution in [-0.4, -0.2) is 39.3 Å². The standard InChI is InChI=1S/C25H30N2O2/c1-26(2)23-9-5-18(6-10-23)13-20-15-21(17-22(16-20)25(28)29)14-19-7-11-24(12-8-19)27(3)4/h5-14,22H,15-17H2,1-4H3,(H,28,29). The molecule has 4 heteroatoms. The van der Waals surface area contributed by atoms with Gasteiger partial charge < -0.3 is 14.9 Å². The molecular weight excluding hydrogens is 360 g/mol. The van der Waals surface area contributed by atoms with Gasteiger partial charge >= 0.3 is 5.97 Å². The second-order valence-corrected chi connectivity index (χ2v) is 8.20. The molecule has 1 N–H and O–H groups in total. The zero-order chi connectivity index (χ0) is 21.0. The fourth-order valence-electron chi connectivity index (χ4n) is 3.74. The number of aliphatic carboxylic acids is 1. The number of carbonyl (C=O) groups is 1. The first-order valence-electron chi connectivity index (χ1n) is 9.98. The normalized spacial score (nSPS) is 19.4. The number of benzene rings is 2. The molecule has 0 amide bonds. The molecule has 0 heterocycles. The van der Waals surface area contributed by atoms with Crippen molar-refractivity contribution in [3.63, 3.8) is 0 Å². The minimum Gasteiger partial charge on any atom is -0.481 e. The largest absolute Gasteiger partial charge is 0.481 e. The summed E-state index contributed by atoms with van der Waals surface area (Å²) in [5, 5.41) is 9.64. The van der Waals surface area contributed by atoms with Crippen molar-refractivity contribution in [2.45, 2.75) is 19.3 Å². The average molecular weight is 391 g/mol. The van der Waals surface area contributed by atoms with E-state index >= 15 is 0 Å². The molecule has 2 aromatic rings. The van der Waals surface area contributed by atoms with Gasteiger partial charge in [0.05, 0.1) is 5.92 Å². The van der Waals surface area contributed by atoms with Crippen molar-refractivity contribution >= 4 is 29.5 Å². The third kappa shape index (κ3) is 5.50. The molecule has 0 aromatic heterocycles. The molecule has 29 heavy (non-hydrogen) atoms. The zero-order valence-electron chi connectivity index (χ0n) is 17.7. The molecule has 0 saturated heterocycles. The predicted molar refractivity (Wildman–Crippen MR) is 122 cm³/mol. The Hall–Kier alpha value is -3.01. The van der Waals surface area contributed by atoms with Crippen molar-refractivity contribution in [3.8, 4) is 0 Å². The van der Waals surface area contributed by atoms with Crippen LogP contribution in [0.25, 0.3) is 12.2 Å². The van der Waals surface area contributed by atoms with Crippen molar-refractivity contribution in [1.29, 1.82) is 0 Å². The maximum absolute atomic E-state index is 11.7. The fraction of sp³-hybridized carbons (Fsp3) is 0.320. The van der Waals surface area contributed by atoms with Crippen LogP contribution in [0.15, 0.2) is 59.7 Å². The van der Waals surface area contributed by atoms with Crippen molar-refractivity contribution < 1.29 is 9.90 Å². The summed E-state index contributed by atoms with van der Waals surface area (Å²) >= 11 is 0. The van der Waals surface area contributed by atoms with Gasteiger partial charge in [-0.2, -0.15) is 0 Å². The summed E-state index contributed by atoms with van der Waals surface area (Å²) in [6.45, 7) is 0. The van der Waals surface area contributed by atoms with Gasteiger partial charge in [0.1, 0.15) is 0 Å². The summed E-state index contributed by atoms with van der Waals surface area (Å²) in [6.07, 6.45) is 6.35. The van der Waals surface area contributed by atoms with Crippen LogP contribution in [-0.2, 0) is 4.79 Å². The number of rotatable bonds is 5. The Labute approximate surface area is 173 Å². The van der Waals surface area contributed by atoms with Crippen LogP contribution in [0.2, 0.25) is 0 Å². The van der Waals surface area contributed by atoms with E-state index in [4.69, 9.17) is 0 Å². The summed E-state index contributed by atoms with van der Waals surface area (Å²) in [5.41, 5.74) is 6.90. The Morgan fingerprint density at radius 1 is 0.793 bits per heavy atom. The molecule has 1 saturated carbocycles. The molecule has 0 spiro atoms. The second kappa shape index (κ2) is 8.99. The highest BCUT2D eigenvalue weighted by atomic mass is 16.4. The number of carboxylic acid groups (broad SMARTS) is 1. The number of nitrogens with zero attached hydrogens (tertiary/aromatic N) is 2. The quantitative estimate of drug-likeness (QED) is 0.765. The summed E-state index contributed by atoms with van der Waals surface area (Å²) < 4.78 is 0. The first-order valence-corrected chi connectivity index (χ1v) is 9.98. The van der Waals surface area contributed by atoms with Crippen LogP contribution < -0.4 is 9.80 Å². The lowest BCUT2D eigenvalue weighted by molar-refractivity contribution is -0.141. The molecular formula is C25H30N2O2. The Bertz CT molecular complexity index is 837. The molecule has 1 aliphatic carbocycles. The average Bonchev–Trinajstić information content (AvgIpc) is 2.68. The van der Waals surface area contributed by atoms with E-state index in [1.165, 1.54) is 11.1 Å². The van der Waals surface area contributed by atoms with E-state index in [1.807, 2.05) is 28.2 Å². The van der Waals surface area contributed by atoms with Crippen LogP contribution in [0.1, 0.15) is 30.4 Å². The van der Waals surface area contributed by atoms with Gasteiger partial charge in [-0.15, -0.1) is 0 Å². The van der Waals surface area contributed by atoms with Gasteiger partial charge in [0.2, 0.25) is 0 Å². The van der Waals surface area contributed by atoms with Gasteiger partial charge in [-0.1, -0.05) is 47.6 Å². The lowest BCUT2D eigenvalue weighted by Gasteiger charge is -2.24. The number of anilines is 2. The third-order valence-corrected chi connectivity index (χ3v) is 5.38. The maximum atomic E-state index is 11.7. The molecule has 1 aliphatic rings. The highest BCUT2D eigenvalue weighted by molar-refractivity contribution is 5.73. The van der Waals surface area contributed by atoms with E-state index in [2.05, 4.69) is 70.5 Å². The molecule has 2 aromatic carbocycles. The van der Waals surface area contributed by atoms with Gasteiger partial charge in [0, 0.05) is 39.6 Å². The summed E-state index contributed by atoms with van der Waals surface area (Å²) in [7, 11) is 8.09. The summed E-state index contributed by atoms with van der Waals surface area (Å²) in [6, 6.07) is 16.7. The molecule has 4 nitrogen and oxygen atoms in total. The smallest absolute Gasteiger partial charge is 0.307 e. The molecule has 1 fully saturated rings. The van der Waals surface area contributed by atoms with Gasteiger partial charge in [-0.25, -0.2) is 0 Å². The van der Waals surface area contributed by atoms with Gasteiger partial charge in [0.25, 0.3) is 0 Å². The van der Waals surface area contributed by atoms with Gasteiger partial charge in [0.15, 0.2) is 0 Å². The second-order valence-electron chi connectivity index (χ2n) is 8.20. The van der Waals surface area contributed by atoms with E-state index in [0.29, 0.717) is 12.8 Å². The molecule has 0 bridgehead atoms. The Kier molecular flexibility index (Phi) is 6.42. The number of hydrogen-bond acceptors (Lipinski definition) is 3.